The fraction of sp³-hybridized carbons (Fsp3) is 0.615. The van der Waals surface area contributed by atoms with Crippen molar-refractivity contribution in [1.29, 1.82) is 0 Å². The minimum absolute atomic E-state index is 0.618. The molecule has 2 N–H and O–H groups in total. The van der Waals surface area contributed by atoms with Crippen molar-refractivity contribution >= 4 is 23.3 Å². The molecule has 1 aliphatic carbocycles. The lowest BCUT2D eigenvalue weighted by atomic mass is 10.2. The molecule has 2 unspecified atom stereocenters. The second-order valence-electron chi connectivity index (χ2n) is 4.36. The summed E-state index contributed by atoms with van der Waals surface area (Å²) in [5.41, 5.74) is 1.18. The van der Waals surface area contributed by atoms with Crippen LogP contribution in [0.25, 0.3) is 0 Å². The van der Waals surface area contributed by atoms with E-state index in [0.717, 1.165) is 11.1 Å². The Morgan fingerprint density at radius 3 is 3.12 bits per heavy atom. The average molecular weight is 251 g/mol. The van der Waals surface area contributed by atoms with Gasteiger partial charge in [0.1, 0.15) is 5.82 Å². The SMILES string of the molecule is CCSC1CCCC1Nc1ccnc(NC)c1. The largest absolute Gasteiger partial charge is 0.381 e. The van der Waals surface area contributed by atoms with Gasteiger partial charge in [-0.15, -0.1) is 0 Å². The van der Waals surface area contributed by atoms with Gasteiger partial charge in [0.25, 0.3) is 0 Å². The molecule has 3 nitrogen and oxygen atoms in total. The Morgan fingerprint density at radius 2 is 2.35 bits per heavy atom. The third-order valence-electron chi connectivity index (χ3n) is 3.20. The van der Waals surface area contributed by atoms with Gasteiger partial charge in [0.15, 0.2) is 0 Å². The lowest BCUT2D eigenvalue weighted by Gasteiger charge is -2.21. The van der Waals surface area contributed by atoms with E-state index in [0.29, 0.717) is 6.04 Å². The summed E-state index contributed by atoms with van der Waals surface area (Å²) in [5, 5.41) is 7.49. The molecule has 0 spiro atoms. The number of pyridine rings is 1. The normalized spacial score (nSPS) is 23.6. The number of nitrogens with zero attached hydrogens (tertiary/aromatic N) is 1. The highest BCUT2D eigenvalue weighted by Crippen LogP contribution is 2.32. The molecule has 0 aromatic carbocycles. The van der Waals surface area contributed by atoms with E-state index in [2.05, 4.69) is 40.4 Å². The van der Waals surface area contributed by atoms with Crippen molar-refractivity contribution in [3.05, 3.63) is 18.3 Å². The molecule has 1 aromatic heterocycles. The quantitative estimate of drug-likeness (QED) is 0.842. The summed E-state index contributed by atoms with van der Waals surface area (Å²) >= 11 is 2.08. The number of hydrogen-bond acceptors (Lipinski definition) is 4. The molecule has 0 amide bonds. The van der Waals surface area contributed by atoms with Gasteiger partial charge in [-0.25, -0.2) is 4.98 Å². The Bertz CT molecular complexity index is 356. The van der Waals surface area contributed by atoms with Crippen molar-refractivity contribution in [3.8, 4) is 0 Å². The summed E-state index contributed by atoms with van der Waals surface area (Å²) in [5.74, 6) is 2.13. The summed E-state index contributed by atoms with van der Waals surface area (Å²) in [4.78, 5) is 4.23. The second-order valence-corrected chi connectivity index (χ2v) is 5.87. The van der Waals surface area contributed by atoms with E-state index in [1.807, 2.05) is 19.3 Å². The molecule has 1 aromatic rings. The Kier molecular flexibility index (Phi) is 4.54. The number of nitrogens with one attached hydrogen (secondary N) is 2. The monoisotopic (exact) mass is 251 g/mol. The maximum Gasteiger partial charge on any atom is 0.127 e. The fourth-order valence-electron chi connectivity index (χ4n) is 2.38. The highest BCUT2D eigenvalue weighted by molar-refractivity contribution is 7.99. The Balaban J connectivity index is 1.99. The number of anilines is 2. The van der Waals surface area contributed by atoms with Gasteiger partial charge in [-0.3, -0.25) is 0 Å². The number of aromatic nitrogens is 1. The first-order chi connectivity index (χ1) is 8.33. The van der Waals surface area contributed by atoms with E-state index in [4.69, 9.17) is 0 Å². The maximum atomic E-state index is 4.23. The first-order valence-electron chi connectivity index (χ1n) is 6.35. The molecule has 0 radical (unpaired) electrons. The molecule has 0 aliphatic heterocycles. The van der Waals surface area contributed by atoms with E-state index < -0.39 is 0 Å². The molecule has 1 saturated carbocycles. The van der Waals surface area contributed by atoms with Crippen LogP contribution in [0.5, 0.6) is 0 Å². The van der Waals surface area contributed by atoms with Crippen LogP contribution in [0.1, 0.15) is 26.2 Å². The Morgan fingerprint density at radius 1 is 1.47 bits per heavy atom. The van der Waals surface area contributed by atoms with Crippen molar-refractivity contribution < 1.29 is 0 Å². The van der Waals surface area contributed by atoms with Crippen LogP contribution in [0.2, 0.25) is 0 Å². The molecule has 17 heavy (non-hydrogen) atoms. The summed E-state index contributed by atoms with van der Waals surface area (Å²) < 4.78 is 0. The molecule has 1 heterocycles. The molecule has 2 atom stereocenters. The summed E-state index contributed by atoms with van der Waals surface area (Å²) in [6.07, 6.45) is 5.83. The number of hydrogen-bond donors (Lipinski definition) is 2. The van der Waals surface area contributed by atoms with E-state index >= 15 is 0 Å². The van der Waals surface area contributed by atoms with Gasteiger partial charge in [0, 0.05) is 36.3 Å². The van der Waals surface area contributed by atoms with Crippen molar-refractivity contribution in [3.63, 3.8) is 0 Å². The Labute approximate surface area is 108 Å². The average Bonchev–Trinajstić information content (AvgIpc) is 2.78. The molecule has 1 aliphatic rings. The smallest absolute Gasteiger partial charge is 0.127 e. The van der Waals surface area contributed by atoms with Gasteiger partial charge in [-0.2, -0.15) is 11.8 Å². The van der Waals surface area contributed by atoms with Crippen LogP contribution in [0.3, 0.4) is 0 Å². The molecule has 2 rings (SSSR count). The van der Waals surface area contributed by atoms with Gasteiger partial charge in [0.05, 0.1) is 0 Å². The zero-order valence-electron chi connectivity index (χ0n) is 10.6. The minimum Gasteiger partial charge on any atom is -0.381 e. The number of thioether (sulfide) groups is 1. The van der Waals surface area contributed by atoms with Crippen LogP contribution >= 0.6 is 11.8 Å². The summed E-state index contributed by atoms with van der Waals surface area (Å²) in [6.45, 7) is 2.24. The zero-order chi connectivity index (χ0) is 12.1. The van der Waals surface area contributed by atoms with Crippen LogP contribution < -0.4 is 10.6 Å². The van der Waals surface area contributed by atoms with Crippen LogP contribution in [0.4, 0.5) is 11.5 Å². The van der Waals surface area contributed by atoms with Gasteiger partial charge in [-0.05, 0) is 24.7 Å². The predicted molar refractivity (Wildman–Crippen MR) is 77.0 cm³/mol. The molecular formula is C13H21N3S. The lowest BCUT2D eigenvalue weighted by molar-refractivity contribution is 0.767. The highest BCUT2D eigenvalue weighted by atomic mass is 32.2. The van der Waals surface area contributed by atoms with Crippen molar-refractivity contribution in [2.24, 2.45) is 0 Å². The van der Waals surface area contributed by atoms with Crippen molar-refractivity contribution in [2.75, 3.05) is 23.4 Å². The second kappa shape index (κ2) is 6.15. The number of rotatable bonds is 5. The van der Waals surface area contributed by atoms with Gasteiger partial charge < -0.3 is 10.6 Å². The van der Waals surface area contributed by atoms with Crippen LogP contribution in [0, 0.1) is 0 Å². The molecule has 0 saturated heterocycles. The van der Waals surface area contributed by atoms with Crippen LogP contribution in [-0.4, -0.2) is 29.1 Å². The minimum atomic E-state index is 0.618. The highest BCUT2D eigenvalue weighted by Gasteiger charge is 2.26. The topological polar surface area (TPSA) is 37.0 Å². The molecule has 4 heteroatoms. The molecule has 94 valence electrons. The van der Waals surface area contributed by atoms with E-state index in [1.54, 1.807) is 0 Å². The molecule has 1 fully saturated rings. The fourth-order valence-corrected chi connectivity index (χ4v) is 3.57. The third kappa shape index (κ3) is 3.28. The first-order valence-corrected chi connectivity index (χ1v) is 7.40. The zero-order valence-corrected chi connectivity index (χ0v) is 11.4. The Hall–Kier alpha value is -0.900. The summed E-state index contributed by atoms with van der Waals surface area (Å²) in [6, 6.07) is 4.74. The van der Waals surface area contributed by atoms with E-state index in [9.17, 15) is 0 Å². The van der Waals surface area contributed by atoms with Crippen LogP contribution in [0.15, 0.2) is 18.3 Å². The standard InChI is InChI=1S/C13H21N3S/c1-3-17-12-6-4-5-11(12)16-10-7-8-15-13(9-10)14-2/h7-9,11-12H,3-6H2,1-2H3,(H2,14,15,16). The first kappa shape index (κ1) is 12.6. The van der Waals surface area contributed by atoms with E-state index in [1.165, 1.54) is 30.7 Å². The van der Waals surface area contributed by atoms with Crippen LogP contribution in [-0.2, 0) is 0 Å². The van der Waals surface area contributed by atoms with Gasteiger partial charge in [-0.1, -0.05) is 13.3 Å². The third-order valence-corrected chi connectivity index (χ3v) is 4.53. The summed E-state index contributed by atoms with van der Waals surface area (Å²) in [7, 11) is 1.90. The van der Waals surface area contributed by atoms with E-state index in [-0.39, 0.29) is 0 Å². The van der Waals surface area contributed by atoms with Gasteiger partial charge >= 0.3 is 0 Å². The van der Waals surface area contributed by atoms with Gasteiger partial charge in [0.2, 0.25) is 0 Å². The van der Waals surface area contributed by atoms with Crippen molar-refractivity contribution in [1.82, 2.24) is 4.98 Å². The lowest BCUT2D eigenvalue weighted by Crippen LogP contribution is -2.26. The van der Waals surface area contributed by atoms with Crippen molar-refractivity contribution in [2.45, 2.75) is 37.5 Å². The predicted octanol–water partition coefficient (Wildman–Crippen LogP) is 3.21. The molecular weight excluding hydrogens is 230 g/mol. The maximum absolute atomic E-state index is 4.23. The molecule has 0 bridgehead atoms.